The van der Waals surface area contributed by atoms with Gasteiger partial charge in [0.25, 0.3) is 0 Å². The van der Waals surface area contributed by atoms with E-state index >= 15 is 0 Å². The maximum atomic E-state index is 13.0. The SMILES string of the molecule is O=C1N[C@@H](CCCN(Cc2ccccn2)Cc2ccccn2)C(=O)N[C@H]1CCCN(Cc1ccccn1)Cc1ccccn1. The van der Waals surface area contributed by atoms with Crippen LogP contribution in [0.1, 0.15) is 48.5 Å². The molecule has 1 aliphatic rings. The number of pyridine rings is 4. The van der Waals surface area contributed by atoms with Crippen molar-refractivity contribution in [3.8, 4) is 0 Å². The highest BCUT2D eigenvalue weighted by Gasteiger charge is 2.33. The zero-order valence-corrected chi connectivity index (χ0v) is 25.0. The second-order valence-electron chi connectivity index (χ2n) is 11.1. The van der Waals surface area contributed by atoms with Gasteiger partial charge in [-0.2, -0.15) is 0 Å². The number of hydrogen-bond donors (Lipinski definition) is 2. The van der Waals surface area contributed by atoms with E-state index in [9.17, 15) is 9.59 Å². The van der Waals surface area contributed by atoms with Crippen LogP contribution < -0.4 is 10.6 Å². The minimum atomic E-state index is -0.532. The van der Waals surface area contributed by atoms with Gasteiger partial charge >= 0.3 is 0 Å². The first-order valence-electron chi connectivity index (χ1n) is 15.3. The molecule has 0 spiro atoms. The Kier molecular flexibility index (Phi) is 11.5. The maximum absolute atomic E-state index is 13.0. The Balaban J connectivity index is 1.09. The molecule has 228 valence electrons. The van der Waals surface area contributed by atoms with Crippen molar-refractivity contribution in [2.24, 2.45) is 0 Å². The second kappa shape index (κ2) is 16.3. The molecule has 0 aliphatic carbocycles. The summed E-state index contributed by atoms with van der Waals surface area (Å²) in [6, 6.07) is 22.5. The monoisotopic (exact) mass is 592 g/mol. The average Bonchev–Trinajstić information content (AvgIpc) is 3.05. The van der Waals surface area contributed by atoms with Crippen LogP contribution in [0.4, 0.5) is 0 Å². The molecule has 1 saturated heterocycles. The number of rotatable bonds is 16. The fourth-order valence-electron chi connectivity index (χ4n) is 5.43. The van der Waals surface area contributed by atoms with Gasteiger partial charge in [-0.15, -0.1) is 0 Å². The first kappa shape index (κ1) is 30.9. The van der Waals surface area contributed by atoms with E-state index in [1.165, 1.54) is 0 Å². The highest BCUT2D eigenvalue weighted by Crippen LogP contribution is 2.14. The van der Waals surface area contributed by atoms with Gasteiger partial charge in [0.15, 0.2) is 0 Å². The summed E-state index contributed by atoms with van der Waals surface area (Å²) in [4.78, 5) is 48.4. The number of piperazine rings is 1. The van der Waals surface area contributed by atoms with Crippen molar-refractivity contribution in [1.82, 2.24) is 40.4 Å². The van der Waals surface area contributed by atoms with Crippen LogP contribution in [0.3, 0.4) is 0 Å². The molecule has 2 amide bonds. The van der Waals surface area contributed by atoms with Crippen LogP contribution in [0.5, 0.6) is 0 Å². The molecule has 0 saturated carbocycles. The third-order valence-electron chi connectivity index (χ3n) is 7.65. The summed E-state index contributed by atoms with van der Waals surface area (Å²) >= 11 is 0. The normalized spacial score (nSPS) is 16.6. The summed E-state index contributed by atoms with van der Waals surface area (Å²) in [6.45, 7) is 4.22. The summed E-state index contributed by atoms with van der Waals surface area (Å²) in [5.41, 5.74) is 3.92. The van der Waals surface area contributed by atoms with E-state index in [1.54, 1.807) is 24.8 Å². The van der Waals surface area contributed by atoms with Gasteiger partial charge in [-0.05, 0) is 87.3 Å². The second-order valence-corrected chi connectivity index (χ2v) is 11.1. The number of aromatic nitrogens is 4. The van der Waals surface area contributed by atoms with E-state index in [-0.39, 0.29) is 11.8 Å². The highest BCUT2D eigenvalue weighted by atomic mass is 16.2. The minimum absolute atomic E-state index is 0.116. The number of carbonyl (C=O) groups excluding carboxylic acids is 2. The molecule has 1 fully saturated rings. The molecule has 0 bridgehead atoms. The van der Waals surface area contributed by atoms with Crippen LogP contribution in [-0.4, -0.2) is 66.7 Å². The van der Waals surface area contributed by atoms with E-state index in [0.29, 0.717) is 39.0 Å². The van der Waals surface area contributed by atoms with Gasteiger partial charge in [-0.25, -0.2) is 0 Å². The third-order valence-corrected chi connectivity index (χ3v) is 7.65. The van der Waals surface area contributed by atoms with Crippen molar-refractivity contribution in [1.29, 1.82) is 0 Å². The van der Waals surface area contributed by atoms with Crippen LogP contribution in [0.25, 0.3) is 0 Å². The lowest BCUT2D eigenvalue weighted by molar-refractivity contribution is -0.137. The van der Waals surface area contributed by atoms with Gasteiger partial charge < -0.3 is 10.6 Å². The molecular formula is C34H40N8O2. The lowest BCUT2D eigenvalue weighted by atomic mass is 10.0. The number of nitrogens with one attached hydrogen (secondary N) is 2. The van der Waals surface area contributed by atoms with E-state index in [0.717, 1.165) is 48.7 Å². The van der Waals surface area contributed by atoms with Gasteiger partial charge in [0.1, 0.15) is 12.1 Å². The molecule has 4 aromatic heterocycles. The molecule has 4 aromatic rings. The van der Waals surface area contributed by atoms with Gasteiger partial charge in [0.2, 0.25) is 11.8 Å². The fraction of sp³-hybridized carbons (Fsp3) is 0.353. The summed E-state index contributed by atoms with van der Waals surface area (Å²) < 4.78 is 0. The quantitative estimate of drug-likeness (QED) is 0.203. The Morgan fingerprint density at radius 1 is 0.500 bits per heavy atom. The number of hydrogen-bond acceptors (Lipinski definition) is 8. The Bertz CT molecular complexity index is 1230. The predicted molar refractivity (Wildman–Crippen MR) is 168 cm³/mol. The fourth-order valence-corrected chi connectivity index (χ4v) is 5.43. The zero-order valence-electron chi connectivity index (χ0n) is 25.0. The summed E-state index contributed by atoms with van der Waals surface area (Å²) in [6.07, 6.45) is 9.81. The Hall–Kier alpha value is -4.54. The van der Waals surface area contributed by atoms with Crippen LogP contribution in [0, 0.1) is 0 Å². The first-order valence-corrected chi connectivity index (χ1v) is 15.3. The molecule has 5 heterocycles. The molecule has 5 rings (SSSR count). The van der Waals surface area contributed by atoms with Crippen molar-refractivity contribution in [2.45, 2.75) is 63.9 Å². The van der Waals surface area contributed by atoms with Gasteiger partial charge in [-0.3, -0.25) is 39.3 Å². The van der Waals surface area contributed by atoms with Crippen molar-refractivity contribution < 1.29 is 9.59 Å². The lowest BCUT2D eigenvalue weighted by Crippen LogP contribution is -2.61. The minimum Gasteiger partial charge on any atom is -0.343 e. The molecule has 10 heteroatoms. The molecule has 10 nitrogen and oxygen atoms in total. The van der Waals surface area contributed by atoms with Gasteiger partial charge in [-0.1, -0.05) is 24.3 Å². The highest BCUT2D eigenvalue weighted by molar-refractivity contribution is 5.96. The van der Waals surface area contributed by atoms with Crippen LogP contribution in [0.15, 0.2) is 97.6 Å². The molecule has 0 aromatic carbocycles. The van der Waals surface area contributed by atoms with E-state index < -0.39 is 12.1 Å². The Morgan fingerprint density at radius 2 is 0.818 bits per heavy atom. The molecule has 2 N–H and O–H groups in total. The molecule has 0 radical (unpaired) electrons. The molecule has 1 aliphatic heterocycles. The van der Waals surface area contributed by atoms with Crippen LogP contribution in [0.2, 0.25) is 0 Å². The number of amides is 2. The number of carbonyl (C=O) groups is 2. The largest absolute Gasteiger partial charge is 0.343 e. The van der Waals surface area contributed by atoms with Crippen molar-refractivity contribution >= 4 is 11.8 Å². The first-order chi connectivity index (χ1) is 21.6. The standard InChI is InChI=1S/C34H40N8O2/c43-33-31(15-9-21-41(23-27-11-1-5-17-35-27)24-28-12-2-6-18-36-28)39-34(44)32(40-33)16-10-22-42(25-29-13-3-7-19-37-29)26-30-14-4-8-20-38-30/h1-8,11-14,17-20,31-32H,9-10,15-16,21-26H2,(H,39,44)(H,40,43)/t31-,32-/m0/s1. The summed E-state index contributed by atoms with van der Waals surface area (Å²) in [5.74, 6) is -0.233. The number of nitrogens with zero attached hydrogens (tertiary/aromatic N) is 6. The summed E-state index contributed by atoms with van der Waals surface area (Å²) in [5, 5.41) is 5.96. The van der Waals surface area contributed by atoms with Gasteiger partial charge in [0, 0.05) is 51.0 Å². The Morgan fingerprint density at radius 3 is 1.09 bits per heavy atom. The third kappa shape index (κ3) is 9.75. The van der Waals surface area contributed by atoms with Crippen LogP contribution in [-0.2, 0) is 35.8 Å². The zero-order chi connectivity index (χ0) is 30.4. The lowest BCUT2D eigenvalue weighted by Gasteiger charge is -2.31. The van der Waals surface area contributed by atoms with Crippen molar-refractivity contribution in [3.05, 3.63) is 120 Å². The van der Waals surface area contributed by atoms with Crippen LogP contribution >= 0.6 is 0 Å². The molecular weight excluding hydrogens is 552 g/mol. The van der Waals surface area contributed by atoms with Gasteiger partial charge in [0.05, 0.1) is 22.8 Å². The Labute approximate surface area is 259 Å². The average molecular weight is 593 g/mol. The topological polar surface area (TPSA) is 116 Å². The van der Waals surface area contributed by atoms with E-state index in [1.807, 2.05) is 72.8 Å². The molecule has 0 unspecified atom stereocenters. The molecule has 44 heavy (non-hydrogen) atoms. The smallest absolute Gasteiger partial charge is 0.243 e. The molecule has 2 atom stereocenters. The van der Waals surface area contributed by atoms with E-state index in [4.69, 9.17) is 0 Å². The van der Waals surface area contributed by atoms with Crippen molar-refractivity contribution in [2.75, 3.05) is 13.1 Å². The summed E-state index contributed by atoms with van der Waals surface area (Å²) in [7, 11) is 0. The van der Waals surface area contributed by atoms with Crippen molar-refractivity contribution in [3.63, 3.8) is 0 Å². The predicted octanol–water partition coefficient (Wildman–Crippen LogP) is 3.51. The van der Waals surface area contributed by atoms with E-state index in [2.05, 4.69) is 40.4 Å². The maximum Gasteiger partial charge on any atom is 0.243 e.